The van der Waals surface area contributed by atoms with Gasteiger partial charge in [-0.05, 0) is 61.4 Å². The number of rotatable bonds is 4. The standard InChI is InChI=1S/C22H28N2O2S/c1-17-6-5-9-22(14-17)27(25,26)23(2)20-10-11-21(15-20)24-13-12-18-7-3-4-8-19(18)16-24/h3-9,14,20-21H,10-13,15-16H2,1-2H3. The molecule has 0 radical (unpaired) electrons. The van der Waals surface area contributed by atoms with Crippen molar-refractivity contribution in [3.8, 4) is 0 Å². The third-order valence-corrected chi connectivity index (χ3v) is 8.14. The number of sulfonamides is 1. The van der Waals surface area contributed by atoms with Gasteiger partial charge in [0, 0.05) is 32.2 Å². The fourth-order valence-corrected chi connectivity index (χ4v) is 6.07. The van der Waals surface area contributed by atoms with Crippen LogP contribution in [0.1, 0.15) is 36.0 Å². The first kappa shape index (κ1) is 18.7. The van der Waals surface area contributed by atoms with Crippen LogP contribution in [0, 0.1) is 6.92 Å². The Hall–Kier alpha value is -1.69. The fourth-order valence-electron chi connectivity index (χ4n) is 4.56. The molecule has 1 heterocycles. The van der Waals surface area contributed by atoms with Crippen molar-refractivity contribution in [2.45, 2.75) is 56.1 Å². The lowest BCUT2D eigenvalue weighted by Crippen LogP contribution is -2.40. The summed E-state index contributed by atoms with van der Waals surface area (Å²) in [4.78, 5) is 2.95. The third kappa shape index (κ3) is 3.68. The second-order valence-corrected chi connectivity index (χ2v) is 9.95. The van der Waals surface area contributed by atoms with E-state index in [1.807, 2.05) is 19.1 Å². The Bertz CT molecular complexity index is 925. The lowest BCUT2D eigenvalue weighted by Gasteiger charge is -2.34. The van der Waals surface area contributed by atoms with E-state index in [1.54, 1.807) is 23.5 Å². The van der Waals surface area contributed by atoms with Crippen molar-refractivity contribution in [2.75, 3.05) is 13.6 Å². The van der Waals surface area contributed by atoms with Gasteiger partial charge < -0.3 is 0 Å². The van der Waals surface area contributed by atoms with Gasteiger partial charge in [0.25, 0.3) is 0 Å². The zero-order valence-electron chi connectivity index (χ0n) is 16.1. The molecule has 1 saturated carbocycles. The SMILES string of the molecule is Cc1cccc(S(=O)(=O)N(C)C2CCC(N3CCc4ccccc4C3)C2)c1. The van der Waals surface area contributed by atoms with Gasteiger partial charge in [0.1, 0.15) is 0 Å². The quantitative estimate of drug-likeness (QED) is 0.809. The van der Waals surface area contributed by atoms with Gasteiger partial charge in [0.2, 0.25) is 10.0 Å². The lowest BCUT2D eigenvalue weighted by molar-refractivity contribution is 0.175. The van der Waals surface area contributed by atoms with E-state index < -0.39 is 10.0 Å². The van der Waals surface area contributed by atoms with Crippen molar-refractivity contribution in [2.24, 2.45) is 0 Å². The molecule has 4 nitrogen and oxygen atoms in total. The van der Waals surface area contributed by atoms with Crippen molar-refractivity contribution >= 4 is 10.0 Å². The molecule has 1 aliphatic heterocycles. The molecule has 1 aliphatic carbocycles. The van der Waals surface area contributed by atoms with Gasteiger partial charge in [0.05, 0.1) is 4.90 Å². The van der Waals surface area contributed by atoms with E-state index in [-0.39, 0.29) is 6.04 Å². The number of hydrogen-bond acceptors (Lipinski definition) is 3. The fraction of sp³-hybridized carbons (Fsp3) is 0.455. The Labute approximate surface area is 162 Å². The van der Waals surface area contributed by atoms with Crippen LogP contribution in [0.15, 0.2) is 53.4 Å². The monoisotopic (exact) mass is 384 g/mol. The molecule has 1 fully saturated rings. The first-order chi connectivity index (χ1) is 12.9. The highest BCUT2D eigenvalue weighted by atomic mass is 32.2. The highest BCUT2D eigenvalue weighted by Crippen LogP contribution is 2.33. The van der Waals surface area contributed by atoms with Crippen LogP contribution in [0.25, 0.3) is 0 Å². The minimum atomic E-state index is -3.43. The Morgan fingerprint density at radius 3 is 2.59 bits per heavy atom. The number of fused-ring (bicyclic) bond motifs is 1. The molecule has 0 bridgehead atoms. The van der Waals surface area contributed by atoms with Crippen LogP contribution >= 0.6 is 0 Å². The number of nitrogens with zero attached hydrogens (tertiary/aromatic N) is 2. The molecule has 144 valence electrons. The molecule has 4 rings (SSSR count). The molecule has 2 aliphatic rings. The molecule has 0 spiro atoms. The zero-order valence-corrected chi connectivity index (χ0v) is 17.0. The summed E-state index contributed by atoms with van der Waals surface area (Å²) < 4.78 is 27.7. The molecule has 5 heteroatoms. The maximum atomic E-state index is 13.0. The first-order valence-corrected chi connectivity index (χ1v) is 11.2. The molecular weight excluding hydrogens is 356 g/mol. The second kappa shape index (κ2) is 7.38. The van der Waals surface area contributed by atoms with Gasteiger partial charge in [-0.25, -0.2) is 8.42 Å². The van der Waals surface area contributed by atoms with Crippen LogP contribution in [0.3, 0.4) is 0 Å². The summed E-state index contributed by atoms with van der Waals surface area (Å²) in [7, 11) is -1.69. The molecule has 27 heavy (non-hydrogen) atoms. The lowest BCUT2D eigenvalue weighted by atomic mass is 9.98. The van der Waals surface area contributed by atoms with E-state index in [4.69, 9.17) is 0 Å². The number of benzene rings is 2. The van der Waals surface area contributed by atoms with Crippen molar-refractivity contribution in [3.63, 3.8) is 0 Å². The average molecular weight is 385 g/mol. The largest absolute Gasteiger partial charge is 0.296 e. The van der Waals surface area contributed by atoms with E-state index in [0.717, 1.165) is 44.3 Å². The highest BCUT2D eigenvalue weighted by molar-refractivity contribution is 7.89. The van der Waals surface area contributed by atoms with Crippen LogP contribution in [0.5, 0.6) is 0 Å². The van der Waals surface area contributed by atoms with Gasteiger partial charge >= 0.3 is 0 Å². The van der Waals surface area contributed by atoms with Crippen LogP contribution in [0.4, 0.5) is 0 Å². The minimum Gasteiger partial charge on any atom is -0.296 e. The number of hydrogen-bond donors (Lipinski definition) is 0. The molecule has 0 aromatic heterocycles. The van der Waals surface area contributed by atoms with Gasteiger partial charge in [-0.15, -0.1) is 0 Å². The summed E-state index contributed by atoms with van der Waals surface area (Å²) in [6.07, 6.45) is 4.02. The van der Waals surface area contributed by atoms with E-state index in [2.05, 4.69) is 29.2 Å². The first-order valence-electron chi connectivity index (χ1n) is 9.80. The topological polar surface area (TPSA) is 40.6 Å². The summed E-state index contributed by atoms with van der Waals surface area (Å²) in [6, 6.07) is 16.4. The number of aryl methyl sites for hydroxylation is 1. The summed E-state index contributed by atoms with van der Waals surface area (Å²) in [5.74, 6) is 0. The molecule has 2 aromatic rings. The molecule has 0 N–H and O–H groups in total. The molecular formula is C22H28N2O2S. The molecule has 2 aromatic carbocycles. The van der Waals surface area contributed by atoms with Crippen molar-refractivity contribution in [1.82, 2.24) is 9.21 Å². The maximum Gasteiger partial charge on any atom is 0.243 e. The van der Waals surface area contributed by atoms with Gasteiger partial charge in [-0.1, -0.05) is 36.4 Å². The Kier molecular flexibility index (Phi) is 5.10. The van der Waals surface area contributed by atoms with E-state index in [0.29, 0.717) is 10.9 Å². The molecule has 2 unspecified atom stereocenters. The van der Waals surface area contributed by atoms with Crippen LogP contribution in [-0.4, -0.2) is 43.3 Å². The van der Waals surface area contributed by atoms with Gasteiger partial charge in [-0.3, -0.25) is 4.90 Å². The van der Waals surface area contributed by atoms with Crippen LogP contribution in [0.2, 0.25) is 0 Å². The normalized spacial score (nSPS) is 23.5. The van der Waals surface area contributed by atoms with Crippen molar-refractivity contribution in [3.05, 3.63) is 65.2 Å². The predicted molar refractivity (Wildman–Crippen MR) is 108 cm³/mol. The predicted octanol–water partition coefficient (Wildman–Crippen LogP) is 3.59. The molecule has 0 saturated heterocycles. The average Bonchev–Trinajstić information content (AvgIpc) is 3.17. The maximum absolute atomic E-state index is 13.0. The van der Waals surface area contributed by atoms with E-state index in [9.17, 15) is 8.42 Å². The van der Waals surface area contributed by atoms with Crippen LogP contribution in [-0.2, 0) is 23.0 Å². The van der Waals surface area contributed by atoms with E-state index >= 15 is 0 Å². The zero-order chi connectivity index (χ0) is 19.0. The summed E-state index contributed by atoms with van der Waals surface area (Å²) in [5, 5.41) is 0. The minimum absolute atomic E-state index is 0.0812. The summed E-state index contributed by atoms with van der Waals surface area (Å²) >= 11 is 0. The van der Waals surface area contributed by atoms with Gasteiger partial charge in [-0.2, -0.15) is 4.31 Å². The van der Waals surface area contributed by atoms with Crippen molar-refractivity contribution < 1.29 is 8.42 Å². The van der Waals surface area contributed by atoms with Crippen molar-refractivity contribution in [1.29, 1.82) is 0 Å². The summed E-state index contributed by atoms with van der Waals surface area (Å²) in [6.45, 7) is 3.99. The summed E-state index contributed by atoms with van der Waals surface area (Å²) in [5.41, 5.74) is 3.86. The van der Waals surface area contributed by atoms with Gasteiger partial charge in [0.15, 0.2) is 0 Å². The Balaban J connectivity index is 1.45. The third-order valence-electron chi connectivity index (χ3n) is 6.23. The molecule has 0 amide bonds. The molecule has 2 atom stereocenters. The van der Waals surface area contributed by atoms with Crippen LogP contribution < -0.4 is 0 Å². The smallest absolute Gasteiger partial charge is 0.243 e. The second-order valence-electron chi connectivity index (χ2n) is 7.95. The highest BCUT2D eigenvalue weighted by Gasteiger charge is 2.37. The van der Waals surface area contributed by atoms with E-state index in [1.165, 1.54) is 11.1 Å². The Morgan fingerprint density at radius 2 is 1.81 bits per heavy atom. The Morgan fingerprint density at radius 1 is 1.04 bits per heavy atom.